The van der Waals surface area contributed by atoms with Crippen LogP contribution in [0.1, 0.15) is 80.2 Å². The molecule has 0 aromatic heterocycles. The van der Waals surface area contributed by atoms with Crippen molar-refractivity contribution in [2.24, 2.45) is 16.7 Å². The SMILES string of the molecule is CC(=O)O[C@@]12CO[C@@H]1C[C@H](O)[C@@]1(C)C(=O)CC3=C(C)[C@@H](OC(=O)[C@H](O)[C@H](Cc4ccccc4)NC(=O)c4ccccc4)C[C@@](O)([C@@H](OC(=O)c4ccccc4)[C@H]21)C3(C)C. The maximum atomic E-state index is 14.9. The van der Waals surface area contributed by atoms with Crippen molar-refractivity contribution >= 4 is 29.6 Å². The van der Waals surface area contributed by atoms with Gasteiger partial charge in [-0.05, 0) is 55.7 Å². The first-order chi connectivity index (χ1) is 27.9. The fourth-order valence-corrected chi connectivity index (χ4v) is 9.92. The summed E-state index contributed by atoms with van der Waals surface area (Å²) in [7, 11) is 0. The van der Waals surface area contributed by atoms with Gasteiger partial charge in [-0.1, -0.05) is 86.2 Å². The first-order valence-corrected chi connectivity index (χ1v) is 19.9. The Bertz CT molecular complexity index is 2140. The molecule has 7 rings (SSSR count). The van der Waals surface area contributed by atoms with Gasteiger partial charge >= 0.3 is 17.9 Å². The highest BCUT2D eigenvalue weighted by Gasteiger charge is 2.77. The summed E-state index contributed by atoms with van der Waals surface area (Å²) < 4.78 is 24.4. The van der Waals surface area contributed by atoms with E-state index in [2.05, 4.69) is 5.32 Å². The summed E-state index contributed by atoms with van der Waals surface area (Å²) in [5.41, 5.74) is -4.83. The molecule has 0 spiro atoms. The van der Waals surface area contributed by atoms with Crippen molar-refractivity contribution in [2.75, 3.05) is 6.61 Å². The molecule has 1 aliphatic heterocycles. The summed E-state index contributed by atoms with van der Waals surface area (Å²) in [6, 6.07) is 24.2. The number of ketones is 1. The Balaban J connectivity index is 1.30. The first kappa shape index (κ1) is 41.9. The third-order valence-electron chi connectivity index (χ3n) is 13.5. The number of hydrogen-bond acceptors (Lipinski definition) is 12. The molecule has 13 heteroatoms. The second-order valence-electron chi connectivity index (χ2n) is 17.1. The van der Waals surface area contributed by atoms with Gasteiger partial charge in [0.2, 0.25) is 0 Å². The molecule has 2 bridgehead atoms. The van der Waals surface area contributed by atoms with Crippen molar-refractivity contribution < 1.29 is 58.2 Å². The molecule has 3 fully saturated rings. The lowest BCUT2D eigenvalue weighted by Gasteiger charge is -2.67. The average Bonchev–Trinajstić information content (AvgIpc) is 3.21. The summed E-state index contributed by atoms with van der Waals surface area (Å²) in [6.45, 7) is 7.65. The highest BCUT2D eigenvalue weighted by molar-refractivity contribution is 5.95. The van der Waals surface area contributed by atoms with Crippen LogP contribution in [-0.4, -0.2) is 99.3 Å². The Morgan fingerprint density at radius 3 is 2.07 bits per heavy atom. The van der Waals surface area contributed by atoms with Crippen molar-refractivity contribution in [3.05, 3.63) is 119 Å². The highest BCUT2D eigenvalue weighted by Crippen LogP contribution is 2.64. The Kier molecular flexibility index (Phi) is 11.2. The minimum atomic E-state index is -2.16. The van der Waals surface area contributed by atoms with E-state index >= 15 is 0 Å². The molecule has 3 aliphatic carbocycles. The number of rotatable bonds is 10. The predicted molar refractivity (Wildman–Crippen MR) is 212 cm³/mol. The maximum Gasteiger partial charge on any atom is 0.338 e. The normalized spacial score (nSPS) is 31.7. The molecule has 4 N–H and O–H groups in total. The lowest BCUT2D eigenvalue weighted by Crippen LogP contribution is -2.80. The predicted octanol–water partition coefficient (Wildman–Crippen LogP) is 4.06. The van der Waals surface area contributed by atoms with Gasteiger partial charge < -0.3 is 39.6 Å². The van der Waals surface area contributed by atoms with Gasteiger partial charge in [0, 0.05) is 37.2 Å². The standard InChI is InChI=1S/C46H51NO12/c1-26-31-22-34(49)44(5)35(50)23-36-45(25-56-36,59-27(2)48)38(44)39(58-41(53)30-19-13-8-14-20-30)46(55,43(31,3)4)24-33(26)57-42(54)37(51)32(21-28-15-9-6-10-16-28)47-40(52)29-17-11-7-12-18-29/h6-20,32-33,35-39,50-51,55H,21-25H2,1-5H3,(H,47,52)/t32-,33-,35-,36+,37+,38-,39-,44+,45-,46+/m0/s1. The molecule has 59 heavy (non-hydrogen) atoms. The fraction of sp³-hybridized carbons (Fsp3) is 0.457. The number of hydrogen-bond donors (Lipinski definition) is 4. The van der Waals surface area contributed by atoms with Crippen LogP contribution < -0.4 is 5.32 Å². The number of fused-ring (bicyclic) bond motifs is 5. The van der Waals surface area contributed by atoms with Crippen LogP contribution in [0, 0.1) is 16.7 Å². The van der Waals surface area contributed by atoms with Crippen molar-refractivity contribution in [3.63, 3.8) is 0 Å². The van der Waals surface area contributed by atoms with Crippen LogP contribution in [0.4, 0.5) is 0 Å². The monoisotopic (exact) mass is 809 g/mol. The number of ether oxygens (including phenoxy) is 4. The molecule has 13 nitrogen and oxygen atoms in total. The molecule has 4 aliphatic rings. The molecule has 0 radical (unpaired) electrons. The zero-order valence-corrected chi connectivity index (χ0v) is 33.8. The topological polar surface area (TPSA) is 195 Å². The number of nitrogens with one attached hydrogen (secondary N) is 1. The van der Waals surface area contributed by atoms with Crippen LogP contribution >= 0.6 is 0 Å². The van der Waals surface area contributed by atoms with E-state index < -0.39 is 101 Å². The maximum absolute atomic E-state index is 14.9. The van der Waals surface area contributed by atoms with Crippen LogP contribution in [0.5, 0.6) is 0 Å². The van der Waals surface area contributed by atoms with Crippen LogP contribution in [0.3, 0.4) is 0 Å². The zero-order valence-electron chi connectivity index (χ0n) is 33.8. The fourth-order valence-electron chi connectivity index (χ4n) is 9.92. The molecule has 1 heterocycles. The van der Waals surface area contributed by atoms with Gasteiger partial charge in [0.1, 0.15) is 29.7 Å². The number of Topliss-reactive ketones (excluding diaryl/α,β-unsaturated/α-hetero) is 1. The van der Waals surface area contributed by atoms with Crippen LogP contribution in [-0.2, 0) is 39.8 Å². The number of carbonyl (C=O) groups excluding carboxylic acids is 5. The summed E-state index contributed by atoms with van der Waals surface area (Å²) in [4.78, 5) is 69.4. The lowest BCUT2D eigenvalue weighted by molar-refractivity contribution is -0.344. The molecule has 3 aromatic carbocycles. The van der Waals surface area contributed by atoms with Crippen molar-refractivity contribution in [3.8, 4) is 0 Å². The van der Waals surface area contributed by atoms with Gasteiger partial charge in [-0.2, -0.15) is 0 Å². The third kappa shape index (κ3) is 7.17. The van der Waals surface area contributed by atoms with Crippen LogP contribution in [0.2, 0.25) is 0 Å². The highest BCUT2D eigenvalue weighted by atomic mass is 16.6. The van der Waals surface area contributed by atoms with E-state index in [-0.39, 0.29) is 31.4 Å². The second kappa shape index (κ2) is 15.8. The Hall–Kier alpha value is -5.21. The van der Waals surface area contributed by atoms with Crippen LogP contribution in [0.25, 0.3) is 0 Å². The largest absolute Gasteiger partial charge is 0.456 e. The molecule has 1 saturated heterocycles. The van der Waals surface area contributed by atoms with Gasteiger partial charge in [-0.25, -0.2) is 9.59 Å². The van der Waals surface area contributed by atoms with E-state index in [9.17, 15) is 39.3 Å². The quantitative estimate of drug-likeness (QED) is 0.131. The van der Waals surface area contributed by atoms with Gasteiger partial charge in [0.05, 0.1) is 35.6 Å². The number of carbonyl (C=O) groups is 5. The first-order valence-electron chi connectivity index (χ1n) is 19.9. The molecule has 2 saturated carbocycles. The zero-order chi connectivity index (χ0) is 42.5. The number of benzene rings is 3. The van der Waals surface area contributed by atoms with Gasteiger partial charge in [0.15, 0.2) is 11.7 Å². The molecular formula is C46H51NO12. The Morgan fingerprint density at radius 2 is 1.49 bits per heavy atom. The van der Waals surface area contributed by atoms with Gasteiger partial charge in [0.25, 0.3) is 5.91 Å². The average molecular weight is 810 g/mol. The van der Waals surface area contributed by atoms with Crippen molar-refractivity contribution in [1.29, 1.82) is 0 Å². The Morgan fingerprint density at radius 1 is 0.898 bits per heavy atom. The number of amides is 1. The van der Waals surface area contributed by atoms with E-state index in [0.717, 1.165) is 5.56 Å². The smallest absolute Gasteiger partial charge is 0.338 e. The minimum absolute atomic E-state index is 0.0612. The van der Waals surface area contributed by atoms with Crippen LogP contribution in [0.15, 0.2) is 102 Å². The van der Waals surface area contributed by atoms with E-state index in [4.69, 9.17) is 18.9 Å². The van der Waals surface area contributed by atoms with Crippen molar-refractivity contribution in [2.45, 2.75) is 108 Å². The van der Waals surface area contributed by atoms with E-state index in [0.29, 0.717) is 16.7 Å². The lowest BCUT2D eigenvalue weighted by atomic mass is 9.45. The molecule has 3 aromatic rings. The van der Waals surface area contributed by atoms with Crippen molar-refractivity contribution in [1.82, 2.24) is 5.32 Å². The van der Waals surface area contributed by atoms with Gasteiger partial charge in [-0.3, -0.25) is 14.4 Å². The third-order valence-corrected chi connectivity index (χ3v) is 13.5. The molecule has 312 valence electrons. The molecule has 10 atom stereocenters. The summed E-state index contributed by atoms with van der Waals surface area (Å²) in [5.74, 6) is -4.97. The van der Waals surface area contributed by atoms with Gasteiger partial charge in [-0.15, -0.1) is 0 Å². The summed E-state index contributed by atoms with van der Waals surface area (Å²) in [6.07, 6.45) is -7.75. The van der Waals surface area contributed by atoms with E-state index in [1.807, 2.05) is 6.07 Å². The van der Waals surface area contributed by atoms with E-state index in [1.165, 1.54) is 19.1 Å². The molecule has 0 unspecified atom stereocenters. The summed E-state index contributed by atoms with van der Waals surface area (Å²) >= 11 is 0. The Labute approximate surface area is 342 Å². The number of aliphatic hydroxyl groups excluding tert-OH is 2. The summed E-state index contributed by atoms with van der Waals surface area (Å²) in [5, 5.41) is 39.8. The number of esters is 3. The van der Waals surface area contributed by atoms with E-state index in [1.54, 1.807) is 100 Å². The second-order valence-corrected chi connectivity index (χ2v) is 17.1. The minimum Gasteiger partial charge on any atom is -0.456 e. The number of aliphatic hydroxyl groups is 3. The molecule has 1 amide bonds. The molecular weight excluding hydrogens is 759 g/mol.